The van der Waals surface area contributed by atoms with Gasteiger partial charge in [-0.1, -0.05) is 145 Å². The third-order valence-electron chi connectivity index (χ3n) is 8.55. The van der Waals surface area contributed by atoms with Crippen molar-refractivity contribution in [1.29, 1.82) is 0 Å². The van der Waals surface area contributed by atoms with Crippen LogP contribution < -0.4 is 0 Å². The van der Waals surface area contributed by atoms with E-state index < -0.39 is 36.3 Å². The summed E-state index contributed by atoms with van der Waals surface area (Å²) >= 11 is 0. The van der Waals surface area contributed by atoms with Crippen molar-refractivity contribution in [1.82, 2.24) is 9.55 Å². The Morgan fingerprint density at radius 3 is 1.77 bits per heavy atom. The summed E-state index contributed by atoms with van der Waals surface area (Å²) in [6.45, 7) is 0. The molecule has 0 aliphatic heterocycles. The van der Waals surface area contributed by atoms with E-state index >= 15 is 0 Å². The smallest absolute Gasteiger partial charge is 0.146 e. The highest BCUT2D eigenvalue weighted by Gasteiger charge is 2.22. The number of fused-ring (bicyclic) bond motifs is 3. The molecule has 0 fully saturated rings. The molecule has 2 nitrogen and oxygen atoms in total. The molecule has 47 heavy (non-hydrogen) atoms. The molecule has 0 N–H and O–H groups in total. The first-order valence-electron chi connectivity index (χ1n) is 20.2. The quantitative estimate of drug-likeness (QED) is 0.178. The van der Waals surface area contributed by atoms with Gasteiger partial charge in [-0.3, -0.25) is 4.57 Å². The summed E-state index contributed by atoms with van der Waals surface area (Å²) in [5.41, 5.74) is 5.83. The van der Waals surface area contributed by atoms with Crippen LogP contribution in [0, 0.1) is 0 Å². The first kappa shape index (κ1) is 18.7. The Balaban J connectivity index is 1.44. The zero-order chi connectivity index (χ0) is 39.9. The van der Waals surface area contributed by atoms with Crippen molar-refractivity contribution in [3.05, 3.63) is 182 Å². The van der Waals surface area contributed by atoms with Crippen molar-refractivity contribution in [3.8, 4) is 50.5 Å². The molecule has 0 spiro atoms. The Morgan fingerprint density at radius 2 is 1.02 bits per heavy atom. The van der Waals surface area contributed by atoms with Gasteiger partial charge in [0.05, 0.1) is 24.7 Å². The minimum atomic E-state index is -0.479. The second kappa shape index (κ2) is 11.3. The van der Waals surface area contributed by atoms with Gasteiger partial charge in [0.15, 0.2) is 0 Å². The maximum absolute atomic E-state index is 8.84. The van der Waals surface area contributed by atoms with Gasteiger partial charge >= 0.3 is 0 Å². The van der Waals surface area contributed by atoms with Crippen LogP contribution in [0.5, 0.6) is 0 Å². The highest BCUT2D eigenvalue weighted by Crippen LogP contribution is 2.46. The van der Waals surface area contributed by atoms with E-state index in [0.717, 1.165) is 44.0 Å². The lowest BCUT2D eigenvalue weighted by molar-refractivity contribution is 1.11. The van der Waals surface area contributed by atoms with Crippen molar-refractivity contribution >= 4 is 32.6 Å². The second-order valence-electron chi connectivity index (χ2n) is 11.2. The van der Waals surface area contributed by atoms with Crippen molar-refractivity contribution in [2.24, 2.45) is 0 Å². The molecule has 1 heterocycles. The van der Waals surface area contributed by atoms with E-state index in [1.807, 2.05) is 103 Å². The lowest BCUT2D eigenvalue weighted by Crippen LogP contribution is -2.00. The van der Waals surface area contributed by atoms with Gasteiger partial charge in [-0.15, -0.1) is 0 Å². The highest BCUT2D eigenvalue weighted by molar-refractivity contribution is 6.22. The molecule has 0 unspecified atom stereocenters. The summed E-state index contributed by atoms with van der Waals surface area (Å²) in [6, 6.07) is 34.6. The van der Waals surface area contributed by atoms with Crippen LogP contribution in [0.4, 0.5) is 0 Å². The predicted molar refractivity (Wildman–Crippen MR) is 198 cm³/mol. The van der Waals surface area contributed by atoms with Crippen molar-refractivity contribution < 1.29 is 13.7 Å². The highest BCUT2D eigenvalue weighted by atomic mass is 15.1. The Hall–Kier alpha value is -6.25. The number of nitrogens with zero attached hydrogens (tertiary/aromatic N) is 2. The van der Waals surface area contributed by atoms with Crippen LogP contribution >= 0.6 is 0 Å². The first-order valence-corrected chi connectivity index (χ1v) is 15.2. The second-order valence-corrected chi connectivity index (χ2v) is 11.2. The summed E-state index contributed by atoms with van der Waals surface area (Å²) in [5, 5.41) is 3.16. The maximum Gasteiger partial charge on any atom is 0.146 e. The zero-order valence-corrected chi connectivity index (χ0v) is 24.9. The molecule has 2 heteroatoms. The summed E-state index contributed by atoms with van der Waals surface area (Å²) < 4.78 is 87.2. The van der Waals surface area contributed by atoms with Gasteiger partial charge < -0.3 is 0 Å². The lowest BCUT2D eigenvalue weighted by Gasteiger charge is -2.19. The van der Waals surface area contributed by atoms with Crippen LogP contribution in [0.1, 0.15) is 13.7 Å². The number of aromatic nitrogens is 2. The van der Waals surface area contributed by atoms with Gasteiger partial charge in [-0.05, 0) is 91.3 Å². The number of hydrogen-bond donors (Lipinski definition) is 0. The minimum Gasteiger partial charge on any atom is -0.292 e. The van der Waals surface area contributed by atoms with E-state index in [1.165, 1.54) is 0 Å². The fourth-order valence-corrected chi connectivity index (χ4v) is 6.54. The third kappa shape index (κ3) is 4.62. The van der Waals surface area contributed by atoms with Crippen LogP contribution in [0.3, 0.4) is 0 Å². The Bertz CT molecular complexity index is 3080. The Kier molecular flexibility index (Phi) is 4.48. The number of hydrogen-bond acceptors (Lipinski definition) is 1. The van der Waals surface area contributed by atoms with Gasteiger partial charge in [0.1, 0.15) is 5.82 Å². The first-order chi connectivity index (χ1) is 27.5. The van der Waals surface area contributed by atoms with Gasteiger partial charge in [0.25, 0.3) is 0 Å². The van der Waals surface area contributed by atoms with Gasteiger partial charge in [0, 0.05) is 11.3 Å². The molecular formula is C45H30N2. The molecule has 9 aromatic rings. The predicted octanol–water partition coefficient (Wildman–Crippen LogP) is 12.0. The molecule has 0 amide bonds. The van der Waals surface area contributed by atoms with E-state index in [2.05, 4.69) is 4.57 Å². The minimum absolute atomic E-state index is 0.0629. The van der Waals surface area contributed by atoms with Crippen molar-refractivity contribution in [3.63, 3.8) is 0 Å². The molecule has 0 aliphatic carbocycles. The molecule has 0 saturated heterocycles. The molecule has 0 saturated carbocycles. The fraction of sp³-hybridized carbons (Fsp3) is 0. The zero-order valence-electron chi connectivity index (χ0n) is 34.9. The van der Waals surface area contributed by atoms with E-state index in [-0.39, 0.29) is 35.3 Å². The average molecular weight is 609 g/mol. The Labute approximate surface area is 287 Å². The number of imidazole rings is 1. The summed E-state index contributed by atoms with van der Waals surface area (Å²) in [5.74, 6) is 0.679. The SMILES string of the molecule is [2H]c1c([2H])c([2H])c(-c2cccc(-c3c4ccccc4c(-c4nc5ccccc5n4-c4ccccc4)c4ccc(-c5c([2H])c([2H])c([2H])c([2H])c5[2H])cc34)c2)c([2H])c1[2H]. The van der Waals surface area contributed by atoms with Crippen LogP contribution in [0.15, 0.2) is 182 Å². The molecule has 8 aromatic carbocycles. The van der Waals surface area contributed by atoms with Crippen LogP contribution in [-0.2, 0) is 0 Å². The van der Waals surface area contributed by atoms with Gasteiger partial charge in [-0.2, -0.15) is 0 Å². The normalized spacial score (nSPS) is 14.4. The average Bonchev–Trinajstić information content (AvgIpc) is 3.62. The van der Waals surface area contributed by atoms with Crippen LogP contribution in [-0.4, -0.2) is 9.55 Å². The summed E-state index contributed by atoms with van der Waals surface area (Å²) in [4.78, 5) is 5.24. The van der Waals surface area contributed by atoms with Gasteiger partial charge in [-0.25, -0.2) is 4.98 Å². The largest absolute Gasteiger partial charge is 0.292 e. The molecule has 220 valence electrons. The van der Waals surface area contributed by atoms with Crippen LogP contribution in [0.2, 0.25) is 0 Å². The third-order valence-corrected chi connectivity index (χ3v) is 8.55. The molecule has 1 aromatic heterocycles. The Morgan fingerprint density at radius 1 is 0.426 bits per heavy atom. The topological polar surface area (TPSA) is 17.8 Å². The van der Waals surface area contributed by atoms with E-state index in [9.17, 15) is 0 Å². The number of benzene rings is 8. The maximum atomic E-state index is 8.84. The molecule has 0 aliphatic rings. The lowest BCUT2D eigenvalue weighted by atomic mass is 9.86. The molecule has 0 atom stereocenters. The molecule has 9 rings (SSSR count). The van der Waals surface area contributed by atoms with Crippen molar-refractivity contribution in [2.75, 3.05) is 0 Å². The number of rotatable bonds is 5. The summed E-state index contributed by atoms with van der Waals surface area (Å²) in [6.07, 6.45) is 0. The van der Waals surface area contributed by atoms with E-state index in [4.69, 9.17) is 18.7 Å². The van der Waals surface area contributed by atoms with Gasteiger partial charge in [0.2, 0.25) is 0 Å². The standard InChI is InChI=1S/C45H30N2/c1-4-15-31(16-5-1)33-19-14-20-35(29-33)43-37-23-10-11-24-38(37)44(39-28-27-34(30-40(39)43)32-17-6-2-7-18-32)45-46-41-25-12-13-26-42(41)47(45)36-21-8-3-9-22-36/h1-30H/i1D,2D,4D,5D,6D,7D,15D,16D,17D,18D. The van der Waals surface area contributed by atoms with Crippen LogP contribution in [0.25, 0.3) is 83.0 Å². The summed E-state index contributed by atoms with van der Waals surface area (Å²) in [7, 11) is 0. The van der Waals surface area contributed by atoms with E-state index in [1.54, 1.807) is 18.2 Å². The van der Waals surface area contributed by atoms with Crippen molar-refractivity contribution in [2.45, 2.75) is 0 Å². The number of para-hydroxylation sites is 3. The van der Waals surface area contributed by atoms with E-state index in [0.29, 0.717) is 27.9 Å². The monoisotopic (exact) mass is 608 g/mol. The fourth-order valence-electron chi connectivity index (χ4n) is 6.54. The molecular weight excluding hydrogens is 569 g/mol. The molecule has 0 radical (unpaired) electrons. The molecule has 0 bridgehead atoms.